The first-order valence-corrected chi connectivity index (χ1v) is 6.88. The monoisotopic (exact) mass is 236 g/mol. The molecule has 0 saturated carbocycles. The maximum absolute atomic E-state index is 10.5. The quantitative estimate of drug-likeness (QED) is 0.477. The Bertz CT molecular complexity index is 151. The molecule has 0 radical (unpaired) electrons. The van der Waals surface area contributed by atoms with Crippen LogP contribution >= 0.6 is 24.4 Å². The van der Waals surface area contributed by atoms with Gasteiger partial charge >= 0.3 is 5.97 Å². The number of hydrogen-bond acceptors (Lipinski definition) is 3. The average molecular weight is 236 g/mol. The van der Waals surface area contributed by atoms with Crippen molar-refractivity contribution in [2.24, 2.45) is 5.92 Å². The summed E-state index contributed by atoms with van der Waals surface area (Å²) in [6.45, 7) is 1.76. The predicted molar refractivity (Wildman–Crippen MR) is 66.4 cm³/mol. The molecule has 0 fully saturated rings. The van der Waals surface area contributed by atoms with Crippen LogP contribution in [0.25, 0.3) is 0 Å². The van der Waals surface area contributed by atoms with Gasteiger partial charge in [-0.25, -0.2) is 0 Å². The minimum absolute atomic E-state index is 0.211. The topological polar surface area (TPSA) is 37.3 Å². The standard InChI is InChI=1S/C10H20O2S2/c1-9(10(11)12)8-14-7-5-3-2-4-6-13/h9,13H,2-8H2,1H3,(H,11,12). The van der Waals surface area contributed by atoms with Gasteiger partial charge in [0.15, 0.2) is 0 Å². The Balaban J connectivity index is 3.09. The van der Waals surface area contributed by atoms with Gasteiger partial charge in [0.1, 0.15) is 0 Å². The van der Waals surface area contributed by atoms with Crippen LogP contribution in [-0.2, 0) is 4.79 Å². The van der Waals surface area contributed by atoms with E-state index in [9.17, 15) is 4.79 Å². The first-order valence-electron chi connectivity index (χ1n) is 5.10. The van der Waals surface area contributed by atoms with Crippen molar-refractivity contribution in [2.75, 3.05) is 17.3 Å². The summed E-state index contributed by atoms with van der Waals surface area (Å²) < 4.78 is 0. The van der Waals surface area contributed by atoms with Crippen molar-refractivity contribution in [2.45, 2.75) is 32.6 Å². The van der Waals surface area contributed by atoms with Crippen LogP contribution in [0.1, 0.15) is 32.6 Å². The second-order valence-electron chi connectivity index (χ2n) is 3.45. The summed E-state index contributed by atoms with van der Waals surface area (Å²) in [5.74, 6) is 1.90. The van der Waals surface area contributed by atoms with Crippen molar-refractivity contribution in [1.82, 2.24) is 0 Å². The third-order valence-electron chi connectivity index (χ3n) is 1.99. The summed E-state index contributed by atoms with van der Waals surface area (Å²) in [4.78, 5) is 10.5. The van der Waals surface area contributed by atoms with Crippen LogP contribution in [0, 0.1) is 5.92 Å². The van der Waals surface area contributed by atoms with Crippen molar-refractivity contribution in [1.29, 1.82) is 0 Å². The average Bonchev–Trinajstić information content (AvgIpc) is 2.16. The Morgan fingerprint density at radius 3 is 2.57 bits per heavy atom. The zero-order chi connectivity index (χ0) is 10.8. The second-order valence-corrected chi connectivity index (χ2v) is 5.05. The van der Waals surface area contributed by atoms with E-state index in [1.54, 1.807) is 18.7 Å². The predicted octanol–water partition coefficient (Wildman–Crippen LogP) is 2.93. The molecule has 84 valence electrons. The van der Waals surface area contributed by atoms with Gasteiger partial charge in [0.2, 0.25) is 0 Å². The van der Waals surface area contributed by atoms with Gasteiger partial charge in [-0.3, -0.25) is 4.79 Å². The third kappa shape index (κ3) is 8.75. The smallest absolute Gasteiger partial charge is 0.307 e. The number of thiol groups is 1. The summed E-state index contributed by atoms with van der Waals surface area (Å²) in [7, 11) is 0. The van der Waals surface area contributed by atoms with Gasteiger partial charge in [0.05, 0.1) is 5.92 Å². The molecule has 0 amide bonds. The fraction of sp³-hybridized carbons (Fsp3) is 0.900. The molecular weight excluding hydrogens is 216 g/mol. The summed E-state index contributed by atoms with van der Waals surface area (Å²) >= 11 is 5.89. The first kappa shape index (κ1) is 14.2. The molecular formula is C10H20O2S2. The molecule has 1 unspecified atom stereocenters. The number of unbranched alkanes of at least 4 members (excludes halogenated alkanes) is 3. The number of hydrogen-bond donors (Lipinski definition) is 2. The SMILES string of the molecule is CC(CSCCCCCCS)C(=O)O. The lowest BCUT2D eigenvalue weighted by Gasteiger charge is -2.05. The maximum atomic E-state index is 10.5. The van der Waals surface area contributed by atoms with Crippen LogP contribution in [0.3, 0.4) is 0 Å². The molecule has 0 heterocycles. The van der Waals surface area contributed by atoms with Crippen molar-refractivity contribution < 1.29 is 9.90 Å². The molecule has 0 aliphatic heterocycles. The van der Waals surface area contributed by atoms with Crippen molar-refractivity contribution >= 4 is 30.4 Å². The van der Waals surface area contributed by atoms with Gasteiger partial charge in [0.25, 0.3) is 0 Å². The van der Waals surface area contributed by atoms with Crippen molar-refractivity contribution in [3.8, 4) is 0 Å². The molecule has 4 heteroatoms. The zero-order valence-corrected chi connectivity index (χ0v) is 10.4. The molecule has 14 heavy (non-hydrogen) atoms. The van der Waals surface area contributed by atoms with E-state index >= 15 is 0 Å². The van der Waals surface area contributed by atoms with E-state index in [-0.39, 0.29) is 5.92 Å². The zero-order valence-electron chi connectivity index (χ0n) is 8.74. The minimum Gasteiger partial charge on any atom is -0.481 e. The highest BCUT2D eigenvalue weighted by molar-refractivity contribution is 7.99. The van der Waals surface area contributed by atoms with Crippen LogP contribution in [0.15, 0.2) is 0 Å². The van der Waals surface area contributed by atoms with Crippen LogP contribution < -0.4 is 0 Å². The fourth-order valence-electron chi connectivity index (χ4n) is 1.00. The van der Waals surface area contributed by atoms with Gasteiger partial charge in [-0.1, -0.05) is 19.8 Å². The van der Waals surface area contributed by atoms with Gasteiger partial charge in [0, 0.05) is 5.75 Å². The molecule has 0 spiro atoms. The Hall–Kier alpha value is 0.170. The van der Waals surface area contributed by atoms with E-state index in [0.717, 1.165) is 17.3 Å². The van der Waals surface area contributed by atoms with Gasteiger partial charge < -0.3 is 5.11 Å². The van der Waals surface area contributed by atoms with E-state index in [2.05, 4.69) is 12.6 Å². The van der Waals surface area contributed by atoms with Crippen LogP contribution in [0.5, 0.6) is 0 Å². The van der Waals surface area contributed by atoms with Gasteiger partial charge in [-0.05, 0) is 24.3 Å². The number of thioether (sulfide) groups is 1. The Kier molecular flexibility index (Phi) is 9.83. The van der Waals surface area contributed by atoms with E-state index in [0.29, 0.717) is 0 Å². The van der Waals surface area contributed by atoms with Crippen LogP contribution in [0.2, 0.25) is 0 Å². The largest absolute Gasteiger partial charge is 0.481 e. The molecule has 0 aliphatic rings. The number of aliphatic carboxylic acids is 1. The Morgan fingerprint density at radius 2 is 2.00 bits per heavy atom. The summed E-state index contributed by atoms with van der Waals surface area (Å²) in [5.41, 5.74) is 0. The lowest BCUT2D eigenvalue weighted by molar-refractivity contribution is -0.140. The van der Waals surface area contributed by atoms with Crippen molar-refractivity contribution in [3.05, 3.63) is 0 Å². The molecule has 1 N–H and O–H groups in total. The maximum Gasteiger partial charge on any atom is 0.307 e. The van der Waals surface area contributed by atoms with Gasteiger partial charge in [-0.2, -0.15) is 24.4 Å². The fourth-order valence-corrected chi connectivity index (χ4v) is 2.30. The first-order chi connectivity index (χ1) is 6.68. The lowest BCUT2D eigenvalue weighted by Crippen LogP contribution is -2.11. The number of carboxylic acids is 1. The van der Waals surface area contributed by atoms with Gasteiger partial charge in [-0.15, -0.1) is 0 Å². The van der Waals surface area contributed by atoms with E-state index < -0.39 is 5.97 Å². The van der Waals surface area contributed by atoms with E-state index in [4.69, 9.17) is 5.11 Å². The Morgan fingerprint density at radius 1 is 1.36 bits per heavy atom. The lowest BCUT2D eigenvalue weighted by atomic mass is 10.2. The van der Waals surface area contributed by atoms with Crippen molar-refractivity contribution in [3.63, 3.8) is 0 Å². The molecule has 0 saturated heterocycles. The molecule has 0 aromatic heterocycles. The molecule has 1 atom stereocenters. The third-order valence-corrected chi connectivity index (χ3v) is 3.62. The molecule has 0 rings (SSSR count). The molecule has 2 nitrogen and oxygen atoms in total. The number of carboxylic acid groups (broad SMARTS) is 1. The van der Waals surface area contributed by atoms with Crippen LogP contribution in [-0.4, -0.2) is 28.3 Å². The highest BCUT2D eigenvalue weighted by Crippen LogP contribution is 2.12. The Labute approximate surface area is 96.3 Å². The molecule has 0 aromatic carbocycles. The van der Waals surface area contributed by atoms with E-state index in [1.165, 1.54) is 25.7 Å². The molecule has 0 aliphatic carbocycles. The highest BCUT2D eigenvalue weighted by Gasteiger charge is 2.09. The minimum atomic E-state index is -0.687. The van der Waals surface area contributed by atoms with E-state index in [1.807, 2.05) is 0 Å². The number of carbonyl (C=O) groups is 1. The van der Waals surface area contributed by atoms with Crippen LogP contribution in [0.4, 0.5) is 0 Å². The summed E-state index contributed by atoms with van der Waals surface area (Å²) in [6, 6.07) is 0. The summed E-state index contributed by atoms with van der Waals surface area (Å²) in [5, 5.41) is 8.63. The number of rotatable bonds is 9. The normalized spacial score (nSPS) is 12.7. The second kappa shape index (κ2) is 9.71. The molecule has 0 bridgehead atoms. The molecule has 0 aromatic rings. The highest BCUT2D eigenvalue weighted by atomic mass is 32.2. The summed E-state index contributed by atoms with van der Waals surface area (Å²) in [6.07, 6.45) is 4.89.